The second-order valence-electron chi connectivity index (χ2n) is 3.78. The van der Waals surface area contributed by atoms with Crippen molar-refractivity contribution in [1.82, 2.24) is 5.43 Å². The van der Waals surface area contributed by atoms with Gasteiger partial charge in [-0.15, -0.1) is 0 Å². The molecule has 0 fully saturated rings. The van der Waals surface area contributed by atoms with Crippen LogP contribution in [0.1, 0.15) is 22.7 Å². The van der Waals surface area contributed by atoms with Gasteiger partial charge in [0.25, 0.3) is 0 Å². The monoisotopic (exact) mass is 330 g/mol. The highest BCUT2D eigenvalue weighted by atomic mass is 79.9. The second-order valence-corrected chi connectivity index (χ2v) is 5.79. The van der Waals surface area contributed by atoms with Crippen molar-refractivity contribution in [3.8, 4) is 0 Å². The molecule has 0 amide bonds. The van der Waals surface area contributed by atoms with Gasteiger partial charge in [0.1, 0.15) is 0 Å². The second kappa shape index (κ2) is 5.50. The van der Waals surface area contributed by atoms with E-state index in [1.165, 1.54) is 0 Å². The first kappa shape index (κ1) is 13.1. The standard InChI is InChI=1S/C12H12BrClN2S/c1-7-4-8(2-3-11(7)14)12(16-15)9-5-17-6-10(9)13/h2-6,12,16H,15H2,1H3. The van der Waals surface area contributed by atoms with E-state index in [9.17, 15) is 0 Å². The maximum Gasteiger partial charge on any atom is 0.0729 e. The molecule has 17 heavy (non-hydrogen) atoms. The predicted molar refractivity (Wildman–Crippen MR) is 77.4 cm³/mol. The summed E-state index contributed by atoms with van der Waals surface area (Å²) in [7, 11) is 0. The summed E-state index contributed by atoms with van der Waals surface area (Å²) in [6.45, 7) is 1.99. The smallest absolute Gasteiger partial charge is 0.0729 e. The minimum Gasteiger partial charge on any atom is -0.271 e. The van der Waals surface area contributed by atoms with Crippen LogP contribution in [0, 0.1) is 6.92 Å². The van der Waals surface area contributed by atoms with Crippen molar-refractivity contribution in [2.75, 3.05) is 0 Å². The molecule has 0 saturated carbocycles. The Morgan fingerprint density at radius 1 is 1.41 bits per heavy atom. The van der Waals surface area contributed by atoms with Crippen molar-refractivity contribution < 1.29 is 0 Å². The van der Waals surface area contributed by atoms with Crippen LogP contribution in [0.3, 0.4) is 0 Å². The molecule has 1 heterocycles. The van der Waals surface area contributed by atoms with Gasteiger partial charge in [0.05, 0.1) is 6.04 Å². The Kier molecular flexibility index (Phi) is 4.22. The van der Waals surface area contributed by atoms with Gasteiger partial charge in [0.2, 0.25) is 0 Å². The first-order chi connectivity index (χ1) is 8.13. The molecule has 0 aliphatic rings. The molecule has 90 valence electrons. The third kappa shape index (κ3) is 2.72. The Balaban J connectivity index is 2.42. The van der Waals surface area contributed by atoms with E-state index in [1.54, 1.807) is 11.3 Å². The SMILES string of the molecule is Cc1cc(C(NN)c2cscc2Br)ccc1Cl. The van der Waals surface area contributed by atoms with Crippen LogP contribution in [0.5, 0.6) is 0 Å². The van der Waals surface area contributed by atoms with Crippen LogP contribution in [0.2, 0.25) is 5.02 Å². The van der Waals surface area contributed by atoms with Gasteiger partial charge in [-0.1, -0.05) is 23.7 Å². The number of hydrogen-bond acceptors (Lipinski definition) is 3. The van der Waals surface area contributed by atoms with E-state index in [-0.39, 0.29) is 6.04 Å². The first-order valence-corrected chi connectivity index (χ1v) is 7.18. The lowest BCUT2D eigenvalue weighted by molar-refractivity contribution is 0.636. The lowest BCUT2D eigenvalue weighted by Gasteiger charge is -2.17. The van der Waals surface area contributed by atoms with Gasteiger partial charge in [0.15, 0.2) is 0 Å². The zero-order valence-corrected chi connectivity index (χ0v) is 12.4. The van der Waals surface area contributed by atoms with Crippen molar-refractivity contribution in [2.45, 2.75) is 13.0 Å². The van der Waals surface area contributed by atoms with Gasteiger partial charge in [-0.3, -0.25) is 5.84 Å². The van der Waals surface area contributed by atoms with Gasteiger partial charge in [-0.2, -0.15) is 11.3 Å². The summed E-state index contributed by atoms with van der Waals surface area (Å²) in [6.07, 6.45) is 0. The number of aryl methyl sites for hydroxylation is 1. The summed E-state index contributed by atoms with van der Waals surface area (Å²) in [4.78, 5) is 0. The molecule has 0 aliphatic heterocycles. The quantitative estimate of drug-likeness (QED) is 0.658. The average Bonchev–Trinajstić information content (AvgIpc) is 2.71. The zero-order chi connectivity index (χ0) is 12.4. The van der Waals surface area contributed by atoms with Crippen LogP contribution in [-0.2, 0) is 0 Å². The Labute approximate surface area is 118 Å². The first-order valence-electron chi connectivity index (χ1n) is 5.07. The Bertz CT molecular complexity index is 527. The van der Waals surface area contributed by atoms with Gasteiger partial charge < -0.3 is 0 Å². The number of hydrogen-bond donors (Lipinski definition) is 2. The van der Waals surface area contributed by atoms with E-state index in [2.05, 4.69) is 32.8 Å². The summed E-state index contributed by atoms with van der Waals surface area (Å²) in [6, 6.07) is 5.92. The highest BCUT2D eigenvalue weighted by Crippen LogP contribution is 2.32. The topological polar surface area (TPSA) is 38.0 Å². The highest BCUT2D eigenvalue weighted by Gasteiger charge is 2.16. The molecular weight excluding hydrogens is 320 g/mol. The fourth-order valence-electron chi connectivity index (χ4n) is 1.71. The molecule has 1 atom stereocenters. The normalized spacial score (nSPS) is 12.7. The molecule has 1 aromatic carbocycles. The largest absolute Gasteiger partial charge is 0.271 e. The van der Waals surface area contributed by atoms with Crippen LogP contribution in [0.25, 0.3) is 0 Å². The van der Waals surface area contributed by atoms with Gasteiger partial charge in [0, 0.05) is 14.9 Å². The lowest BCUT2D eigenvalue weighted by atomic mass is 10.0. The van der Waals surface area contributed by atoms with Crippen LogP contribution in [0.4, 0.5) is 0 Å². The van der Waals surface area contributed by atoms with E-state index >= 15 is 0 Å². The molecule has 0 radical (unpaired) electrons. The van der Waals surface area contributed by atoms with Crippen molar-refractivity contribution in [3.63, 3.8) is 0 Å². The number of hydrazine groups is 1. The summed E-state index contributed by atoms with van der Waals surface area (Å²) in [5.41, 5.74) is 6.14. The van der Waals surface area contributed by atoms with E-state index in [1.807, 2.05) is 24.4 Å². The Morgan fingerprint density at radius 2 is 2.18 bits per heavy atom. The number of rotatable bonds is 3. The van der Waals surface area contributed by atoms with E-state index < -0.39 is 0 Å². The molecule has 0 saturated heterocycles. The fourth-order valence-corrected chi connectivity index (χ4v) is 3.38. The van der Waals surface area contributed by atoms with Gasteiger partial charge >= 0.3 is 0 Å². The molecule has 1 aromatic heterocycles. The molecule has 3 N–H and O–H groups in total. The predicted octanol–water partition coefficient (Wildman–Crippen LogP) is 4.03. The third-order valence-corrected chi connectivity index (χ3v) is 4.81. The fraction of sp³-hybridized carbons (Fsp3) is 0.167. The van der Waals surface area contributed by atoms with Crippen LogP contribution < -0.4 is 11.3 Å². The third-order valence-electron chi connectivity index (χ3n) is 2.64. The summed E-state index contributed by atoms with van der Waals surface area (Å²) < 4.78 is 1.07. The Hall–Kier alpha value is -0.390. The zero-order valence-electron chi connectivity index (χ0n) is 9.21. The van der Waals surface area contributed by atoms with E-state index in [0.717, 1.165) is 26.2 Å². The van der Waals surface area contributed by atoms with E-state index in [4.69, 9.17) is 17.4 Å². The molecule has 1 unspecified atom stereocenters. The number of nitrogens with two attached hydrogens (primary N) is 1. The van der Waals surface area contributed by atoms with Crippen molar-refractivity contribution in [1.29, 1.82) is 0 Å². The van der Waals surface area contributed by atoms with Crippen molar-refractivity contribution in [3.05, 3.63) is 55.1 Å². The van der Waals surface area contributed by atoms with Crippen LogP contribution in [0.15, 0.2) is 33.4 Å². The highest BCUT2D eigenvalue weighted by molar-refractivity contribution is 9.10. The number of thiophene rings is 1. The molecule has 2 aromatic rings. The number of benzene rings is 1. The molecular formula is C12H12BrClN2S. The summed E-state index contributed by atoms with van der Waals surface area (Å²) in [5, 5.41) is 4.90. The van der Waals surface area contributed by atoms with Crippen LogP contribution in [-0.4, -0.2) is 0 Å². The molecule has 2 rings (SSSR count). The molecule has 2 nitrogen and oxygen atoms in total. The number of nitrogens with one attached hydrogen (secondary N) is 1. The van der Waals surface area contributed by atoms with Crippen molar-refractivity contribution >= 4 is 38.9 Å². The maximum absolute atomic E-state index is 6.03. The van der Waals surface area contributed by atoms with Gasteiger partial charge in [-0.05, 0) is 51.0 Å². The molecule has 5 heteroatoms. The minimum absolute atomic E-state index is 0.0217. The summed E-state index contributed by atoms with van der Waals surface area (Å²) in [5.74, 6) is 5.65. The van der Waals surface area contributed by atoms with Crippen LogP contribution >= 0.6 is 38.9 Å². The molecule has 0 spiro atoms. The minimum atomic E-state index is -0.0217. The van der Waals surface area contributed by atoms with E-state index in [0.29, 0.717) is 0 Å². The van der Waals surface area contributed by atoms with Gasteiger partial charge in [-0.25, -0.2) is 5.43 Å². The maximum atomic E-state index is 6.03. The lowest BCUT2D eigenvalue weighted by Crippen LogP contribution is -2.28. The Morgan fingerprint density at radius 3 is 2.71 bits per heavy atom. The molecule has 0 aliphatic carbocycles. The van der Waals surface area contributed by atoms with Crippen molar-refractivity contribution in [2.24, 2.45) is 5.84 Å². The average molecular weight is 332 g/mol. The molecule has 0 bridgehead atoms. The number of halogens is 2. The summed E-state index contributed by atoms with van der Waals surface area (Å²) >= 11 is 11.2.